The Labute approximate surface area is 153 Å². The maximum absolute atomic E-state index is 3.75. The van der Waals surface area contributed by atoms with Crippen LogP contribution in [0.25, 0.3) is 0 Å². The zero-order valence-corrected chi connectivity index (χ0v) is 16.2. The summed E-state index contributed by atoms with van der Waals surface area (Å²) in [5.74, 6) is 0. The van der Waals surface area contributed by atoms with Crippen LogP contribution >= 0.6 is 15.9 Å². The van der Waals surface area contributed by atoms with Crippen LogP contribution in [0.2, 0.25) is 0 Å². The zero-order chi connectivity index (χ0) is 17.3. The summed E-state index contributed by atoms with van der Waals surface area (Å²) in [5.41, 5.74) is 8.58. The van der Waals surface area contributed by atoms with Crippen molar-refractivity contribution in [1.82, 2.24) is 0 Å². The van der Waals surface area contributed by atoms with Crippen LogP contribution in [0, 0.1) is 27.7 Å². The molecule has 0 amide bonds. The molecule has 0 aromatic heterocycles. The molecule has 0 fully saturated rings. The molecule has 3 rings (SSSR count). The lowest BCUT2D eigenvalue weighted by Gasteiger charge is -2.28. The maximum atomic E-state index is 3.75. The Morgan fingerprint density at radius 2 is 1.17 bits per heavy atom. The van der Waals surface area contributed by atoms with Crippen molar-refractivity contribution in [3.05, 3.63) is 87.4 Å². The van der Waals surface area contributed by atoms with Crippen molar-refractivity contribution in [2.24, 2.45) is 0 Å². The summed E-state index contributed by atoms with van der Waals surface area (Å²) in [7, 11) is 0. The van der Waals surface area contributed by atoms with Gasteiger partial charge in [-0.2, -0.15) is 0 Å². The van der Waals surface area contributed by atoms with Gasteiger partial charge in [-0.25, -0.2) is 0 Å². The number of halogens is 1. The van der Waals surface area contributed by atoms with Crippen LogP contribution in [0.3, 0.4) is 0 Å². The first-order chi connectivity index (χ1) is 11.5. The van der Waals surface area contributed by atoms with E-state index in [9.17, 15) is 0 Å². The van der Waals surface area contributed by atoms with Crippen LogP contribution < -0.4 is 4.90 Å². The number of anilines is 3. The standard InChI is InChI=1S/C22H22BrN/c1-15-5-9-19(10-6-15)24(21-11-7-16(2)13-18(21)4)22-12-8-17(3)14-20(22)23/h5-14H,1-4H3. The minimum atomic E-state index is 1.10. The van der Waals surface area contributed by atoms with Gasteiger partial charge in [0.25, 0.3) is 0 Å². The van der Waals surface area contributed by atoms with Crippen molar-refractivity contribution in [3.8, 4) is 0 Å². The Hall–Kier alpha value is -2.06. The number of rotatable bonds is 3. The Bertz CT molecular complexity index is 814. The molecule has 0 saturated carbocycles. The molecular weight excluding hydrogens is 358 g/mol. The third-order valence-electron chi connectivity index (χ3n) is 4.23. The Kier molecular flexibility index (Phi) is 4.77. The van der Waals surface area contributed by atoms with Gasteiger partial charge in [0.15, 0.2) is 0 Å². The number of aryl methyl sites for hydroxylation is 4. The number of benzene rings is 3. The highest BCUT2D eigenvalue weighted by Gasteiger charge is 2.17. The van der Waals surface area contributed by atoms with Gasteiger partial charge in [0, 0.05) is 15.8 Å². The average molecular weight is 380 g/mol. The number of nitrogens with zero attached hydrogens (tertiary/aromatic N) is 1. The van der Waals surface area contributed by atoms with E-state index in [0.29, 0.717) is 0 Å². The molecule has 122 valence electrons. The molecule has 3 aromatic carbocycles. The van der Waals surface area contributed by atoms with Gasteiger partial charge in [0.05, 0.1) is 5.69 Å². The first-order valence-electron chi connectivity index (χ1n) is 8.16. The lowest BCUT2D eigenvalue weighted by Crippen LogP contribution is -2.12. The molecule has 0 saturated heterocycles. The van der Waals surface area contributed by atoms with Crippen molar-refractivity contribution in [2.75, 3.05) is 4.90 Å². The predicted octanol–water partition coefficient (Wildman–Crippen LogP) is 7.15. The molecule has 0 aliphatic heterocycles. The molecule has 0 unspecified atom stereocenters. The first kappa shape index (κ1) is 16.8. The van der Waals surface area contributed by atoms with Gasteiger partial charge in [-0.15, -0.1) is 0 Å². The van der Waals surface area contributed by atoms with E-state index in [1.165, 1.54) is 27.9 Å². The van der Waals surface area contributed by atoms with Crippen molar-refractivity contribution in [3.63, 3.8) is 0 Å². The van der Waals surface area contributed by atoms with Gasteiger partial charge in [-0.1, -0.05) is 41.5 Å². The quantitative estimate of drug-likeness (QED) is 0.466. The second kappa shape index (κ2) is 6.82. The topological polar surface area (TPSA) is 3.24 Å². The Morgan fingerprint density at radius 1 is 0.625 bits per heavy atom. The van der Waals surface area contributed by atoms with Crippen molar-refractivity contribution in [2.45, 2.75) is 27.7 Å². The van der Waals surface area contributed by atoms with E-state index >= 15 is 0 Å². The van der Waals surface area contributed by atoms with Crippen LogP contribution in [-0.2, 0) is 0 Å². The third kappa shape index (κ3) is 3.39. The lowest BCUT2D eigenvalue weighted by atomic mass is 10.1. The van der Waals surface area contributed by atoms with Crippen molar-refractivity contribution in [1.29, 1.82) is 0 Å². The van der Waals surface area contributed by atoms with E-state index in [2.05, 4.69) is 109 Å². The molecule has 0 heterocycles. The minimum absolute atomic E-state index is 1.10. The van der Waals surface area contributed by atoms with E-state index in [4.69, 9.17) is 0 Å². The van der Waals surface area contributed by atoms with Gasteiger partial charge in [-0.05, 0) is 85.1 Å². The second-order valence-electron chi connectivity index (χ2n) is 6.42. The van der Waals surface area contributed by atoms with Crippen LogP contribution in [0.1, 0.15) is 22.3 Å². The smallest absolute Gasteiger partial charge is 0.0604 e. The highest BCUT2D eigenvalue weighted by molar-refractivity contribution is 9.10. The summed E-state index contributed by atoms with van der Waals surface area (Å²) in [6, 6.07) is 21.8. The van der Waals surface area contributed by atoms with Gasteiger partial charge in [-0.3, -0.25) is 0 Å². The van der Waals surface area contributed by atoms with Crippen molar-refractivity contribution < 1.29 is 0 Å². The molecule has 0 aliphatic carbocycles. The Morgan fingerprint density at radius 3 is 1.75 bits per heavy atom. The highest BCUT2D eigenvalue weighted by Crippen LogP contribution is 2.40. The van der Waals surface area contributed by atoms with E-state index in [0.717, 1.165) is 15.8 Å². The first-order valence-corrected chi connectivity index (χ1v) is 8.95. The van der Waals surface area contributed by atoms with Crippen LogP contribution in [-0.4, -0.2) is 0 Å². The van der Waals surface area contributed by atoms with Gasteiger partial charge < -0.3 is 4.90 Å². The fourth-order valence-electron chi connectivity index (χ4n) is 2.95. The summed E-state index contributed by atoms with van der Waals surface area (Å²) < 4.78 is 1.10. The average Bonchev–Trinajstić information content (AvgIpc) is 2.53. The fraction of sp³-hybridized carbons (Fsp3) is 0.182. The monoisotopic (exact) mass is 379 g/mol. The molecule has 0 spiro atoms. The lowest BCUT2D eigenvalue weighted by molar-refractivity contribution is 1.22. The molecule has 0 radical (unpaired) electrons. The maximum Gasteiger partial charge on any atom is 0.0604 e. The van der Waals surface area contributed by atoms with Crippen LogP contribution in [0.5, 0.6) is 0 Å². The summed E-state index contributed by atoms with van der Waals surface area (Å²) in [4.78, 5) is 2.32. The largest absolute Gasteiger partial charge is 0.309 e. The number of hydrogen-bond acceptors (Lipinski definition) is 1. The van der Waals surface area contributed by atoms with Crippen molar-refractivity contribution >= 4 is 33.0 Å². The van der Waals surface area contributed by atoms with Gasteiger partial charge in [0.2, 0.25) is 0 Å². The summed E-state index contributed by atoms with van der Waals surface area (Å²) in [6.45, 7) is 8.54. The molecule has 0 atom stereocenters. The highest BCUT2D eigenvalue weighted by atomic mass is 79.9. The normalized spacial score (nSPS) is 10.7. The van der Waals surface area contributed by atoms with E-state index in [1.54, 1.807) is 0 Å². The number of hydrogen-bond donors (Lipinski definition) is 0. The predicted molar refractivity (Wildman–Crippen MR) is 108 cm³/mol. The van der Waals surface area contributed by atoms with E-state index in [-0.39, 0.29) is 0 Å². The third-order valence-corrected chi connectivity index (χ3v) is 4.86. The molecule has 0 aliphatic rings. The van der Waals surface area contributed by atoms with Crippen LogP contribution in [0.15, 0.2) is 65.1 Å². The molecule has 24 heavy (non-hydrogen) atoms. The molecule has 0 N–H and O–H groups in total. The fourth-order valence-corrected chi connectivity index (χ4v) is 3.62. The molecule has 1 nitrogen and oxygen atoms in total. The summed E-state index contributed by atoms with van der Waals surface area (Å²) in [6.07, 6.45) is 0. The minimum Gasteiger partial charge on any atom is -0.309 e. The zero-order valence-electron chi connectivity index (χ0n) is 14.6. The summed E-state index contributed by atoms with van der Waals surface area (Å²) >= 11 is 3.75. The second-order valence-corrected chi connectivity index (χ2v) is 7.27. The van der Waals surface area contributed by atoms with E-state index < -0.39 is 0 Å². The van der Waals surface area contributed by atoms with Gasteiger partial charge in [0.1, 0.15) is 0 Å². The van der Waals surface area contributed by atoms with Gasteiger partial charge >= 0.3 is 0 Å². The van der Waals surface area contributed by atoms with Crippen LogP contribution in [0.4, 0.5) is 17.1 Å². The molecular formula is C22H22BrN. The Balaban J connectivity index is 2.22. The SMILES string of the molecule is Cc1ccc(N(c2ccc(C)cc2C)c2ccc(C)cc2Br)cc1. The summed E-state index contributed by atoms with van der Waals surface area (Å²) in [5, 5.41) is 0. The molecule has 2 heteroatoms. The van der Waals surface area contributed by atoms with E-state index in [1.807, 2.05) is 0 Å². The molecule has 0 bridgehead atoms. The molecule has 3 aromatic rings.